The SMILES string of the molecule is CCc1c(C)c2ccc(NC(=O)C3CC(=O)N(c4cccc(Br)c4)C3)cc2[nH]c1=O. The van der Waals surface area contributed by atoms with Crippen molar-refractivity contribution in [3.05, 3.63) is 68.4 Å². The van der Waals surface area contributed by atoms with E-state index in [1.807, 2.05) is 50.2 Å². The van der Waals surface area contributed by atoms with Crippen LogP contribution >= 0.6 is 15.9 Å². The lowest BCUT2D eigenvalue weighted by molar-refractivity contribution is -0.122. The van der Waals surface area contributed by atoms with Crippen molar-refractivity contribution >= 4 is 50.0 Å². The molecular formula is C23H22BrN3O3. The van der Waals surface area contributed by atoms with E-state index < -0.39 is 5.92 Å². The Morgan fingerprint density at radius 2 is 2.03 bits per heavy atom. The number of nitrogens with one attached hydrogen (secondary N) is 2. The van der Waals surface area contributed by atoms with Crippen molar-refractivity contribution in [1.29, 1.82) is 0 Å². The van der Waals surface area contributed by atoms with E-state index in [9.17, 15) is 14.4 Å². The number of rotatable bonds is 4. The Hall–Kier alpha value is -2.93. The van der Waals surface area contributed by atoms with Gasteiger partial charge in [0.05, 0.1) is 11.4 Å². The molecule has 1 aliphatic rings. The van der Waals surface area contributed by atoms with Crippen molar-refractivity contribution in [2.75, 3.05) is 16.8 Å². The van der Waals surface area contributed by atoms with Gasteiger partial charge in [0.1, 0.15) is 0 Å². The minimum Gasteiger partial charge on any atom is -0.326 e. The zero-order valence-corrected chi connectivity index (χ0v) is 18.4. The largest absolute Gasteiger partial charge is 0.326 e. The van der Waals surface area contributed by atoms with E-state index in [0.29, 0.717) is 24.2 Å². The van der Waals surface area contributed by atoms with E-state index in [1.54, 1.807) is 11.0 Å². The maximum absolute atomic E-state index is 12.8. The third-order valence-corrected chi connectivity index (χ3v) is 6.13. The number of nitrogens with zero attached hydrogens (tertiary/aromatic N) is 1. The predicted octanol–water partition coefficient (Wildman–Crippen LogP) is 4.15. The molecule has 0 spiro atoms. The Bertz CT molecular complexity index is 1220. The third-order valence-electron chi connectivity index (χ3n) is 5.64. The average Bonchev–Trinajstić information content (AvgIpc) is 3.10. The fourth-order valence-corrected chi connectivity index (χ4v) is 4.42. The number of aromatic amines is 1. The molecule has 2 amide bonds. The van der Waals surface area contributed by atoms with Gasteiger partial charge in [-0.1, -0.05) is 35.0 Å². The molecule has 3 aromatic rings. The second kappa shape index (κ2) is 8.07. The van der Waals surface area contributed by atoms with Gasteiger partial charge in [-0.2, -0.15) is 0 Å². The van der Waals surface area contributed by atoms with Gasteiger partial charge in [-0.05, 0) is 49.2 Å². The van der Waals surface area contributed by atoms with Gasteiger partial charge in [0, 0.05) is 39.8 Å². The lowest BCUT2D eigenvalue weighted by Gasteiger charge is -2.17. The summed E-state index contributed by atoms with van der Waals surface area (Å²) in [6.07, 6.45) is 0.835. The molecule has 1 fully saturated rings. The zero-order chi connectivity index (χ0) is 21.4. The Balaban J connectivity index is 1.53. The number of aryl methyl sites for hydroxylation is 1. The first-order chi connectivity index (χ1) is 14.4. The first-order valence-electron chi connectivity index (χ1n) is 9.89. The molecule has 0 radical (unpaired) electrons. The molecule has 4 rings (SSSR count). The Kier molecular flexibility index (Phi) is 5.47. The number of benzene rings is 2. The van der Waals surface area contributed by atoms with Crippen LogP contribution in [-0.2, 0) is 16.0 Å². The molecule has 6 nitrogen and oxygen atoms in total. The first kappa shape index (κ1) is 20.3. The number of pyridine rings is 1. The van der Waals surface area contributed by atoms with Crippen LogP contribution in [0.3, 0.4) is 0 Å². The molecule has 1 aliphatic heterocycles. The van der Waals surface area contributed by atoms with Crippen LogP contribution in [0.2, 0.25) is 0 Å². The normalized spacial score (nSPS) is 16.3. The summed E-state index contributed by atoms with van der Waals surface area (Å²) in [5.74, 6) is -0.710. The number of carbonyl (C=O) groups is 2. The number of aromatic nitrogens is 1. The molecule has 0 bridgehead atoms. The Morgan fingerprint density at radius 1 is 1.23 bits per heavy atom. The van der Waals surface area contributed by atoms with Gasteiger partial charge in [0.25, 0.3) is 5.56 Å². The van der Waals surface area contributed by atoms with Gasteiger partial charge >= 0.3 is 0 Å². The van der Waals surface area contributed by atoms with Crippen LogP contribution in [-0.4, -0.2) is 23.3 Å². The highest BCUT2D eigenvalue weighted by Crippen LogP contribution is 2.28. The number of anilines is 2. The van der Waals surface area contributed by atoms with Gasteiger partial charge in [-0.3, -0.25) is 14.4 Å². The van der Waals surface area contributed by atoms with Crippen LogP contribution < -0.4 is 15.8 Å². The minimum absolute atomic E-state index is 0.0705. The van der Waals surface area contributed by atoms with Gasteiger partial charge < -0.3 is 15.2 Å². The molecule has 0 aliphatic carbocycles. The van der Waals surface area contributed by atoms with E-state index >= 15 is 0 Å². The average molecular weight is 468 g/mol. The van der Waals surface area contributed by atoms with Crippen molar-refractivity contribution < 1.29 is 9.59 Å². The second-order valence-electron chi connectivity index (χ2n) is 7.55. The molecule has 154 valence electrons. The van der Waals surface area contributed by atoms with Crippen LogP contribution in [0, 0.1) is 12.8 Å². The summed E-state index contributed by atoms with van der Waals surface area (Å²) in [5.41, 5.74) is 3.69. The van der Waals surface area contributed by atoms with Crippen LogP contribution in [0.1, 0.15) is 24.5 Å². The summed E-state index contributed by atoms with van der Waals surface area (Å²) < 4.78 is 0.882. The number of fused-ring (bicyclic) bond motifs is 1. The lowest BCUT2D eigenvalue weighted by atomic mass is 10.0. The predicted molar refractivity (Wildman–Crippen MR) is 122 cm³/mol. The molecule has 7 heteroatoms. The number of amides is 2. The quantitative estimate of drug-likeness (QED) is 0.604. The monoisotopic (exact) mass is 467 g/mol. The number of carbonyl (C=O) groups excluding carboxylic acids is 2. The topological polar surface area (TPSA) is 82.3 Å². The Labute approximate surface area is 182 Å². The smallest absolute Gasteiger partial charge is 0.251 e. The maximum atomic E-state index is 12.8. The van der Waals surface area contributed by atoms with Gasteiger partial charge in [-0.25, -0.2) is 0 Å². The van der Waals surface area contributed by atoms with Crippen molar-refractivity contribution in [2.24, 2.45) is 5.92 Å². The fourth-order valence-electron chi connectivity index (χ4n) is 4.03. The van der Waals surface area contributed by atoms with Crippen LogP contribution in [0.5, 0.6) is 0 Å². The van der Waals surface area contributed by atoms with Gasteiger partial charge in [0.2, 0.25) is 11.8 Å². The molecule has 30 heavy (non-hydrogen) atoms. The standard InChI is InChI=1S/C23H22BrN3O3/c1-3-18-13(2)19-8-7-16(11-20(19)26-23(18)30)25-22(29)14-9-21(28)27(12-14)17-6-4-5-15(24)10-17/h4-8,10-11,14H,3,9,12H2,1-2H3,(H,25,29)(H,26,30). The number of hydrogen-bond acceptors (Lipinski definition) is 3. The second-order valence-corrected chi connectivity index (χ2v) is 8.46. The fraction of sp³-hybridized carbons (Fsp3) is 0.261. The summed E-state index contributed by atoms with van der Waals surface area (Å²) in [4.78, 5) is 42.1. The summed E-state index contributed by atoms with van der Waals surface area (Å²) in [5, 5.41) is 3.86. The Morgan fingerprint density at radius 3 is 2.77 bits per heavy atom. The number of halogens is 1. The van der Waals surface area contributed by atoms with Crippen LogP contribution in [0.25, 0.3) is 10.9 Å². The van der Waals surface area contributed by atoms with Crippen molar-refractivity contribution in [3.63, 3.8) is 0 Å². The molecule has 2 heterocycles. The summed E-state index contributed by atoms with van der Waals surface area (Å²) in [6.45, 7) is 4.23. The summed E-state index contributed by atoms with van der Waals surface area (Å²) >= 11 is 3.41. The van der Waals surface area contributed by atoms with E-state index in [4.69, 9.17) is 0 Å². The van der Waals surface area contributed by atoms with E-state index in [-0.39, 0.29) is 23.8 Å². The number of hydrogen-bond donors (Lipinski definition) is 2. The van der Waals surface area contributed by atoms with E-state index in [0.717, 1.165) is 26.7 Å². The highest BCUT2D eigenvalue weighted by molar-refractivity contribution is 9.10. The van der Waals surface area contributed by atoms with Crippen LogP contribution in [0.15, 0.2) is 51.7 Å². The first-order valence-corrected chi connectivity index (χ1v) is 10.7. The molecule has 1 unspecified atom stereocenters. The molecular weight excluding hydrogens is 446 g/mol. The zero-order valence-electron chi connectivity index (χ0n) is 16.8. The van der Waals surface area contributed by atoms with Gasteiger partial charge in [-0.15, -0.1) is 0 Å². The van der Waals surface area contributed by atoms with Gasteiger partial charge in [0.15, 0.2) is 0 Å². The third kappa shape index (κ3) is 3.77. The molecule has 1 aromatic heterocycles. The van der Waals surface area contributed by atoms with E-state index in [1.165, 1.54) is 0 Å². The molecule has 1 saturated heterocycles. The van der Waals surface area contributed by atoms with Crippen LogP contribution in [0.4, 0.5) is 11.4 Å². The summed E-state index contributed by atoms with van der Waals surface area (Å²) in [7, 11) is 0. The van der Waals surface area contributed by atoms with Crippen molar-refractivity contribution in [3.8, 4) is 0 Å². The summed E-state index contributed by atoms with van der Waals surface area (Å²) in [6, 6.07) is 13.0. The van der Waals surface area contributed by atoms with Crippen molar-refractivity contribution in [2.45, 2.75) is 26.7 Å². The molecule has 2 N–H and O–H groups in total. The minimum atomic E-state index is -0.435. The lowest BCUT2D eigenvalue weighted by Crippen LogP contribution is -2.28. The van der Waals surface area contributed by atoms with Crippen molar-refractivity contribution in [1.82, 2.24) is 4.98 Å². The van der Waals surface area contributed by atoms with E-state index in [2.05, 4.69) is 26.2 Å². The highest BCUT2D eigenvalue weighted by atomic mass is 79.9. The molecule has 0 saturated carbocycles. The molecule has 1 atom stereocenters. The molecule has 2 aromatic carbocycles. The number of H-pyrrole nitrogens is 1. The highest BCUT2D eigenvalue weighted by Gasteiger charge is 2.35. The maximum Gasteiger partial charge on any atom is 0.251 e.